The fourth-order valence-electron chi connectivity index (χ4n) is 1.02. The van der Waals surface area contributed by atoms with E-state index in [1.807, 2.05) is 30.3 Å². The lowest BCUT2D eigenvalue weighted by Gasteiger charge is -2.01. The predicted molar refractivity (Wildman–Crippen MR) is 55.0 cm³/mol. The highest BCUT2D eigenvalue weighted by Crippen LogP contribution is 2.13. The second-order valence-electron chi connectivity index (χ2n) is 2.69. The zero-order chi connectivity index (χ0) is 9.80. The van der Waals surface area contributed by atoms with Gasteiger partial charge in [-0.05, 0) is 12.1 Å². The van der Waals surface area contributed by atoms with Gasteiger partial charge in [-0.25, -0.2) is 4.98 Å². The second kappa shape index (κ2) is 4.28. The van der Waals surface area contributed by atoms with Crippen molar-refractivity contribution in [3.05, 3.63) is 47.1 Å². The average Bonchev–Trinajstić information content (AvgIpc) is 2.63. The maximum absolute atomic E-state index is 5.46. The Hall–Kier alpha value is -1.29. The van der Waals surface area contributed by atoms with Crippen LogP contribution in [0.3, 0.4) is 0 Å². The Morgan fingerprint density at radius 2 is 2.07 bits per heavy atom. The van der Waals surface area contributed by atoms with Crippen LogP contribution in [0.5, 0.6) is 5.75 Å². The van der Waals surface area contributed by atoms with Gasteiger partial charge < -0.3 is 9.15 Å². The van der Waals surface area contributed by atoms with E-state index in [1.165, 1.54) is 0 Å². The smallest absolute Gasteiger partial charge is 0.264 e. The molecular formula is C10H8BrNO2. The topological polar surface area (TPSA) is 35.3 Å². The highest BCUT2D eigenvalue weighted by molar-refractivity contribution is 9.10. The van der Waals surface area contributed by atoms with Crippen LogP contribution in [0.25, 0.3) is 0 Å². The van der Waals surface area contributed by atoms with Gasteiger partial charge in [0.05, 0.1) is 0 Å². The molecule has 0 fully saturated rings. The van der Waals surface area contributed by atoms with Gasteiger partial charge >= 0.3 is 0 Å². The number of halogens is 1. The Balaban J connectivity index is 1.95. The van der Waals surface area contributed by atoms with Crippen LogP contribution in [0.2, 0.25) is 0 Å². The lowest BCUT2D eigenvalue weighted by Crippen LogP contribution is -1.94. The van der Waals surface area contributed by atoms with Crippen molar-refractivity contribution in [3.8, 4) is 5.75 Å². The fraction of sp³-hybridized carbons (Fsp3) is 0.100. The molecule has 0 radical (unpaired) electrons. The van der Waals surface area contributed by atoms with E-state index in [2.05, 4.69) is 20.9 Å². The van der Waals surface area contributed by atoms with Crippen LogP contribution in [0.1, 0.15) is 5.69 Å². The van der Waals surface area contributed by atoms with E-state index in [9.17, 15) is 0 Å². The lowest BCUT2D eigenvalue weighted by molar-refractivity contribution is 0.301. The number of para-hydroxylation sites is 1. The van der Waals surface area contributed by atoms with Gasteiger partial charge in [-0.15, -0.1) is 0 Å². The molecule has 0 saturated heterocycles. The Bertz CT molecular complexity index is 400. The van der Waals surface area contributed by atoms with Gasteiger partial charge in [-0.2, -0.15) is 0 Å². The number of hydrogen-bond acceptors (Lipinski definition) is 3. The number of oxazole rings is 1. The molecule has 2 rings (SSSR count). The molecule has 4 heteroatoms. The van der Waals surface area contributed by atoms with Gasteiger partial charge in [0.1, 0.15) is 24.3 Å². The highest BCUT2D eigenvalue weighted by Gasteiger charge is 2.00. The van der Waals surface area contributed by atoms with Crippen molar-refractivity contribution in [2.24, 2.45) is 0 Å². The van der Waals surface area contributed by atoms with Crippen LogP contribution in [0, 0.1) is 0 Å². The van der Waals surface area contributed by atoms with Gasteiger partial charge in [-0.1, -0.05) is 18.2 Å². The third-order valence-electron chi connectivity index (χ3n) is 1.65. The summed E-state index contributed by atoms with van der Waals surface area (Å²) in [5.41, 5.74) is 0.765. The third kappa shape index (κ3) is 2.35. The van der Waals surface area contributed by atoms with Crippen molar-refractivity contribution in [1.82, 2.24) is 4.98 Å². The van der Waals surface area contributed by atoms with Crippen molar-refractivity contribution in [2.45, 2.75) is 6.61 Å². The van der Waals surface area contributed by atoms with Crippen molar-refractivity contribution in [1.29, 1.82) is 0 Å². The van der Waals surface area contributed by atoms with Gasteiger partial charge in [-0.3, -0.25) is 0 Å². The molecule has 0 atom stereocenters. The van der Waals surface area contributed by atoms with Gasteiger partial charge in [0, 0.05) is 15.9 Å². The molecule has 1 heterocycles. The number of benzene rings is 1. The van der Waals surface area contributed by atoms with E-state index in [-0.39, 0.29) is 0 Å². The predicted octanol–water partition coefficient (Wildman–Crippen LogP) is 3.02. The molecule has 0 aliphatic carbocycles. The number of ether oxygens (including phenoxy) is 1. The molecule has 14 heavy (non-hydrogen) atoms. The van der Waals surface area contributed by atoms with Crippen molar-refractivity contribution in [2.75, 3.05) is 0 Å². The molecule has 0 spiro atoms. The van der Waals surface area contributed by atoms with Crippen LogP contribution in [0.4, 0.5) is 0 Å². The van der Waals surface area contributed by atoms with Crippen molar-refractivity contribution in [3.63, 3.8) is 0 Å². The van der Waals surface area contributed by atoms with E-state index in [0.29, 0.717) is 11.4 Å². The third-order valence-corrected chi connectivity index (χ3v) is 2.02. The maximum Gasteiger partial charge on any atom is 0.264 e. The van der Waals surface area contributed by atoms with Crippen LogP contribution >= 0.6 is 15.9 Å². The number of hydrogen-bond donors (Lipinski definition) is 0. The number of rotatable bonds is 3. The first-order valence-corrected chi connectivity index (χ1v) is 4.91. The minimum Gasteiger partial charge on any atom is -0.487 e. The summed E-state index contributed by atoms with van der Waals surface area (Å²) in [6.45, 7) is 0.416. The minimum absolute atomic E-state index is 0.416. The highest BCUT2D eigenvalue weighted by atomic mass is 79.9. The molecule has 0 aliphatic heterocycles. The zero-order valence-electron chi connectivity index (χ0n) is 7.31. The summed E-state index contributed by atoms with van der Waals surface area (Å²) in [6, 6.07) is 9.59. The molecule has 1 aromatic heterocycles. The number of aromatic nitrogens is 1. The van der Waals surface area contributed by atoms with Gasteiger partial charge in [0.2, 0.25) is 0 Å². The summed E-state index contributed by atoms with van der Waals surface area (Å²) in [5, 5.41) is 0. The van der Waals surface area contributed by atoms with Crippen LogP contribution in [-0.4, -0.2) is 4.98 Å². The van der Waals surface area contributed by atoms with Gasteiger partial charge in [0.15, 0.2) is 0 Å². The Morgan fingerprint density at radius 3 is 2.71 bits per heavy atom. The Morgan fingerprint density at radius 1 is 1.29 bits per heavy atom. The quantitative estimate of drug-likeness (QED) is 0.844. The van der Waals surface area contributed by atoms with E-state index in [0.717, 1.165) is 11.4 Å². The fourth-order valence-corrected chi connectivity index (χ4v) is 1.34. The summed E-state index contributed by atoms with van der Waals surface area (Å²) < 4.78 is 10.4. The monoisotopic (exact) mass is 253 g/mol. The summed E-state index contributed by atoms with van der Waals surface area (Å²) in [4.78, 5) is 4.53. The molecule has 72 valence electrons. The molecule has 0 N–H and O–H groups in total. The summed E-state index contributed by atoms with van der Waals surface area (Å²) in [5.74, 6) is 0.826. The summed E-state index contributed by atoms with van der Waals surface area (Å²) in [6.07, 6.45) is 1.56. The summed E-state index contributed by atoms with van der Waals surface area (Å²) >= 11 is 3.13. The normalized spacial score (nSPS) is 10.1. The molecule has 0 aliphatic rings. The molecule has 0 amide bonds. The molecule has 2 aromatic rings. The van der Waals surface area contributed by atoms with E-state index in [1.54, 1.807) is 6.26 Å². The van der Waals surface area contributed by atoms with Crippen molar-refractivity contribution < 1.29 is 9.15 Å². The molecule has 0 bridgehead atoms. The van der Waals surface area contributed by atoms with E-state index < -0.39 is 0 Å². The van der Waals surface area contributed by atoms with Crippen LogP contribution < -0.4 is 4.74 Å². The average molecular weight is 254 g/mol. The first-order valence-electron chi connectivity index (χ1n) is 4.12. The zero-order valence-corrected chi connectivity index (χ0v) is 8.90. The van der Waals surface area contributed by atoms with E-state index in [4.69, 9.17) is 9.15 Å². The standard InChI is InChI=1S/C10H8BrNO2/c11-10-12-8(7-14-10)6-13-9-4-2-1-3-5-9/h1-5,7H,6H2. The minimum atomic E-state index is 0.416. The molecule has 1 aromatic carbocycles. The Kier molecular flexibility index (Phi) is 2.84. The molecule has 3 nitrogen and oxygen atoms in total. The second-order valence-corrected chi connectivity index (χ2v) is 3.37. The van der Waals surface area contributed by atoms with Crippen molar-refractivity contribution >= 4 is 15.9 Å². The SMILES string of the molecule is Brc1nc(COc2ccccc2)co1. The lowest BCUT2D eigenvalue weighted by atomic mass is 10.3. The van der Waals surface area contributed by atoms with E-state index >= 15 is 0 Å². The maximum atomic E-state index is 5.46. The van der Waals surface area contributed by atoms with Gasteiger partial charge in [0.25, 0.3) is 4.80 Å². The first kappa shape index (κ1) is 9.27. The first-order chi connectivity index (χ1) is 6.84. The summed E-state index contributed by atoms with van der Waals surface area (Å²) in [7, 11) is 0. The molecule has 0 unspecified atom stereocenters. The Labute approximate surface area is 89.8 Å². The van der Waals surface area contributed by atoms with Crippen LogP contribution in [-0.2, 0) is 6.61 Å². The molecule has 0 saturated carbocycles. The molecular weight excluding hydrogens is 246 g/mol. The number of nitrogens with zero attached hydrogens (tertiary/aromatic N) is 1. The largest absolute Gasteiger partial charge is 0.487 e. The van der Waals surface area contributed by atoms with Crippen LogP contribution in [0.15, 0.2) is 45.8 Å².